The topological polar surface area (TPSA) is 60.7 Å². The molecule has 1 aromatic heterocycles. The molecule has 3 rings (SSSR count). The molecule has 0 bridgehead atoms. The lowest BCUT2D eigenvalue weighted by Gasteiger charge is -2.05. The highest BCUT2D eigenvalue weighted by Gasteiger charge is 2.12. The number of hydrogen-bond donors (Lipinski definition) is 0. The van der Waals surface area contributed by atoms with Gasteiger partial charge < -0.3 is 9.30 Å². The average Bonchev–Trinajstić information content (AvgIpc) is 2.98. The first-order valence-electron chi connectivity index (χ1n) is 8.76. The van der Waals surface area contributed by atoms with Crippen LogP contribution in [0.5, 0.6) is 0 Å². The molecule has 3 aromatic rings. The number of ether oxygens (including phenoxy) is 1. The van der Waals surface area contributed by atoms with Crippen LogP contribution in [0.2, 0.25) is 0 Å². The number of esters is 1. The summed E-state index contributed by atoms with van der Waals surface area (Å²) in [6.45, 7) is 2.11. The molecule has 8 heteroatoms. The van der Waals surface area contributed by atoms with Crippen LogP contribution in [0.15, 0.2) is 62.9 Å². The number of amides is 1. The van der Waals surface area contributed by atoms with Gasteiger partial charge in [-0.05, 0) is 37.3 Å². The molecule has 0 aliphatic carbocycles. The maximum atomic E-state index is 12.4. The van der Waals surface area contributed by atoms with Crippen molar-refractivity contribution < 1.29 is 14.3 Å². The maximum absolute atomic E-state index is 12.4. The van der Waals surface area contributed by atoms with E-state index in [2.05, 4.69) is 20.9 Å². The third-order valence-electron chi connectivity index (χ3n) is 3.79. The Hall–Kier alpha value is -1.90. The highest BCUT2D eigenvalue weighted by molar-refractivity contribution is 9.10. The standard InChI is InChI=1S/C20H19BrN2O3S2/c1-2-26-19(25)13-23-16-9-8-14(21)12-17(16)28-20(23)22-18(24)10-11-27-15-6-4-3-5-7-15/h3-9,12H,2,10-11,13H2,1H3. The van der Waals surface area contributed by atoms with Crippen molar-refractivity contribution in [3.63, 3.8) is 0 Å². The number of nitrogens with zero attached hydrogens (tertiary/aromatic N) is 2. The Morgan fingerprint density at radius 3 is 2.75 bits per heavy atom. The fourth-order valence-corrected chi connectivity index (χ4v) is 5.02. The number of thioether (sulfide) groups is 1. The summed E-state index contributed by atoms with van der Waals surface area (Å²) in [7, 11) is 0. The lowest BCUT2D eigenvalue weighted by atomic mass is 10.3. The maximum Gasteiger partial charge on any atom is 0.326 e. The Bertz CT molecular complexity index is 1040. The number of aromatic nitrogens is 1. The Morgan fingerprint density at radius 1 is 1.21 bits per heavy atom. The van der Waals surface area contributed by atoms with E-state index in [9.17, 15) is 9.59 Å². The van der Waals surface area contributed by atoms with Crippen molar-refractivity contribution in [2.24, 2.45) is 4.99 Å². The second kappa shape index (κ2) is 10.0. The summed E-state index contributed by atoms with van der Waals surface area (Å²) in [5.41, 5.74) is 0.853. The molecule has 146 valence electrons. The highest BCUT2D eigenvalue weighted by Crippen LogP contribution is 2.22. The van der Waals surface area contributed by atoms with Gasteiger partial charge in [0.15, 0.2) is 4.80 Å². The molecular weight excluding hydrogens is 460 g/mol. The lowest BCUT2D eigenvalue weighted by molar-refractivity contribution is -0.143. The molecule has 28 heavy (non-hydrogen) atoms. The molecule has 1 amide bonds. The van der Waals surface area contributed by atoms with Crippen LogP contribution in [0, 0.1) is 0 Å². The predicted molar refractivity (Wildman–Crippen MR) is 117 cm³/mol. The largest absolute Gasteiger partial charge is 0.465 e. The van der Waals surface area contributed by atoms with E-state index >= 15 is 0 Å². The minimum absolute atomic E-state index is 0.0281. The molecule has 0 saturated carbocycles. The van der Waals surface area contributed by atoms with Crippen molar-refractivity contribution >= 4 is 61.1 Å². The number of benzene rings is 2. The third-order valence-corrected chi connectivity index (χ3v) is 6.33. The second-order valence-electron chi connectivity index (χ2n) is 5.80. The Balaban J connectivity index is 1.81. The summed E-state index contributed by atoms with van der Waals surface area (Å²) < 4.78 is 8.69. The summed E-state index contributed by atoms with van der Waals surface area (Å²) >= 11 is 6.47. The van der Waals surface area contributed by atoms with E-state index in [1.807, 2.05) is 48.5 Å². The molecule has 1 heterocycles. The van der Waals surface area contributed by atoms with Crippen LogP contribution >= 0.6 is 39.0 Å². The molecule has 0 saturated heterocycles. The number of carbonyl (C=O) groups excluding carboxylic acids is 2. The number of fused-ring (bicyclic) bond motifs is 1. The molecule has 0 spiro atoms. The molecule has 0 radical (unpaired) electrons. The minimum Gasteiger partial charge on any atom is -0.465 e. The van der Waals surface area contributed by atoms with Gasteiger partial charge in [-0.3, -0.25) is 9.59 Å². The Labute approximate surface area is 179 Å². The van der Waals surface area contributed by atoms with Gasteiger partial charge in [0.05, 0.1) is 16.8 Å². The smallest absolute Gasteiger partial charge is 0.326 e. The predicted octanol–water partition coefficient (Wildman–Crippen LogP) is 4.64. The number of carbonyl (C=O) groups is 2. The Morgan fingerprint density at radius 2 is 2.00 bits per heavy atom. The number of rotatable bonds is 7. The monoisotopic (exact) mass is 478 g/mol. The normalized spacial score (nSPS) is 11.7. The van der Waals surface area contributed by atoms with Gasteiger partial charge in [0.25, 0.3) is 0 Å². The fraction of sp³-hybridized carbons (Fsp3) is 0.250. The SMILES string of the molecule is CCOC(=O)Cn1c(=NC(=O)CCSc2ccccc2)sc2cc(Br)ccc21. The van der Waals surface area contributed by atoms with Crippen molar-refractivity contribution in [3.05, 3.63) is 57.8 Å². The average molecular weight is 479 g/mol. The molecule has 0 atom stereocenters. The molecule has 0 unspecified atom stereocenters. The third kappa shape index (κ3) is 5.56. The van der Waals surface area contributed by atoms with Crippen LogP contribution in [0.3, 0.4) is 0 Å². The van der Waals surface area contributed by atoms with Gasteiger partial charge in [0.1, 0.15) is 6.54 Å². The van der Waals surface area contributed by atoms with Crippen LogP contribution < -0.4 is 4.80 Å². The summed E-state index contributed by atoms with van der Waals surface area (Å²) in [5, 5.41) is 0. The number of thiazole rings is 1. The van der Waals surface area contributed by atoms with E-state index in [-0.39, 0.29) is 18.4 Å². The molecule has 0 fully saturated rings. The fourth-order valence-electron chi connectivity index (χ4n) is 2.56. The van der Waals surface area contributed by atoms with Gasteiger partial charge in [-0.2, -0.15) is 4.99 Å². The zero-order chi connectivity index (χ0) is 19.9. The first kappa shape index (κ1) is 20.8. The van der Waals surface area contributed by atoms with E-state index in [1.54, 1.807) is 23.3 Å². The van der Waals surface area contributed by atoms with E-state index < -0.39 is 0 Å². The summed E-state index contributed by atoms with van der Waals surface area (Å²) in [6, 6.07) is 15.7. The molecule has 0 N–H and O–H groups in total. The van der Waals surface area contributed by atoms with Crippen molar-refractivity contribution in [1.82, 2.24) is 4.57 Å². The molecule has 5 nitrogen and oxygen atoms in total. The van der Waals surface area contributed by atoms with Gasteiger partial charge in [-0.15, -0.1) is 11.8 Å². The van der Waals surface area contributed by atoms with Gasteiger partial charge in [0.2, 0.25) is 5.91 Å². The van der Waals surface area contributed by atoms with Gasteiger partial charge in [-0.1, -0.05) is 45.5 Å². The zero-order valence-electron chi connectivity index (χ0n) is 15.3. The van der Waals surface area contributed by atoms with E-state index in [0.29, 0.717) is 23.6 Å². The van der Waals surface area contributed by atoms with Crippen LogP contribution in [-0.4, -0.2) is 28.8 Å². The van der Waals surface area contributed by atoms with Crippen LogP contribution in [0.4, 0.5) is 0 Å². The lowest BCUT2D eigenvalue weighted by Crippen LogP contribution is -2.23. The van der Waals surface area contributed by atoms with E-state index in [0.717, 1.165) is 19.6 Å². The zero-order valence-corrected chi connectivity index (χ0v) is 18.5. The molecular formula is C20H19BrN2O3S2. The molecule has 2 aromatic carbocycles. The number of hydrogen-bond acceptors (Lipinski definition) is 5. The summed E-state index contributed by atoms with van der Waals surface area (Å²) in [6.07, 6.45) is 0.330. The van der Waals surface area contributed by atoms with E-state index in [4.69, 9.17) is 4.74 Å². The minimum atomic E-state index is -0.348. The molecule has 0 aliphatic rings. The van der Waals surface area contributed by atoms with E-state index in [1.165, 1.54) is 11.3 Å². The van der Waals surface area contributed by atoms with Gasteiger partial charge in [-0.25, -0.2) is 0 Å². The summed E-state index contributed by atoms with van der Waals surface area (Å²) in [5.74, 6) is 0.103. The van der Waals surface area contributed by atoms with Crippen molar-refractivity contribution in [3.8, 4) is 0 Å². The van der Waals surface area contributed by atoms with Crippen molar-refractivity contribution in [2.75, 3.05) is 12.4 Å². The van der Waals surface area contributed by atoms with Crippen LogP contribution in [0.1, 0.15) is 13.3 Å². The van der Waals surface area contributed by atoms with Crippen LogP contribution in [0.25, 0.3) is 10.2 Å². The summed E-state index contributed by atoms with van der Waals surface area (Å²) in [4.78, 5) is 30.3. The van der Waals surface area contributed by atoms with Crippen LogP contribution in [-0.2, 0) is 20.9 Å². The van der Waals surface area contributed by atoms with Gasteiger partial charge >= 0.3 is 5.97 Å². The molecule has 0 aliphatic heterocycles. The van der Waals surface area contributed by atoms with Crippen molar-refractivity contribution in [1.29, 1.82) is 0 Å². The highest BCUT2D eigenvalue weighted by atomic mass is 79.9. The van der Waals surface area contributed by atoms with Crippen molar-refractivity contribution in [2.45, 2.75) is 24.8 Å². The Kier molecular flexibility index (Phi) is 7.47. The second-order valence-corrected chi connectivity index (χ2v) is 8.90. The van der Waals surface area contributed by atoms with Gasteiger partial charge in [0, 0.05) is 21.5 Å². The first-order valence-corrected chi connectivity index (χ1v) is 11.4. The quantitative estimate of drug-likeness (QED) is 0.366. The first-order chi connectivity index (χ1) is 13.6. The number of halogens is 1.